The third-order valence-corrected chi connectivity index (χ3v) is 6.16. The lowest BCUT2D eigenvalue weighted by molar-refractivity contribution is 0.462. The van der Waals surface area contributed by atoms with Gasteiger partial charge in [0, 0.05) is 61.9 Å². The number of anilines is 2. The Morgan fingerprint density at radius 2 is 1.71 bits per heavy atom. The van der Waals surface area contributed by atoms with Gasteiger partial charge in [-0.25, -0.2) is 19.9 Å². The second-order valence-electron chi connectivity index (χ2n) is 8.37. The fraction of sp³-hybridized carbons (Fsp3) is 0.417. The molecule has 2 fully saturated rings. The van der Waals surface area contributed by atoms with E-state index in [1.807, 2.05) is 24.7 Å². The van der Waals surface area contributed by atoms with E-state index >= 15 is 0 Å². The average Bonchev–Trinajstić information content (AvgIpc) is 2.86. The summed E-state index contributed by atoms with van der Waals surface area (Å²) >= 11 is 0. The Balaban J connectivity index is 1.49. The molecule has 0 atom stereocenters. The van der Waals surface area contributed by atoms with Crippen LogP contribution in [0.25, 0.3) is 22.4 Å². The molecular weight excluding hydrogens is 386 g/mol. The minimum absolute atomic E-state index is 0.522. The molecule has 1 saturated heterocycles. The van der Waals surface area contributed by atoms with Crippen molar-refractivity contribution >= 4 is 11.6 Å². The van der Waals surface area contributed by atoms with E-state index in [4.69, 9.17) is 4.98 Å². The first-order chi connectivity index (χ1) is 15.3. The molecule has 0 spiro atoms. The predicted octanol–water partition coefficient (Wildman–Crippen LogP) is 3.75. The Bertz CT molecular complexity index is 996. The van der Waals surface area contributed by atoms with Crippen molar-refractivity contribution in [3.05, 3.63) is 49.2 Å². The van der Waals surface area contributed by atoms with Crippen molar-refractivity contribution in [1.82, 2.24) is 25.3 Å². The lowest BCUT2D eigenvalue weighted by atomic mass is 9.95. The highest BCUT2D eigenvalue weighted by Gasteiger charge is 2.17. The van der Waals surface area contributed by atoms with Crippen molar-refractivity contribution in [2.24, 2.45) is 0 Å². The van der Waals surface area contributed by atoms with Crippen LogP contribution in [-0.4, -0.2) is 52.2 Å². The Morgan fingerprint density at radius 1 is 0.903 bits per heavy atom. The zero-order valence-corrected chi connectivity index (χ0v) is 17.8. The third-order valence-electron chi connectivity index (χ3n) is 6.16. The first-order valence-corrected chi connectivity index (χ1v) is 11.3. The molecule has 0 bridgehead atoms. The summed E-state index contributed by atoms with van der Waals surface area (Å²) in [5.74, 6) is 1.93. The Labute approximate surface area is 183 Å². The van der Waals surface area contributed by atoms with E-state index in [1.165, 1.54) is 32.1 Å². The molecule has 5 rings (SSSR count). The van der Waals surface area contributed by atoms with Gasteiger partial charge < -0.3 is 15.5 Å². The highest BCUT2D eigenvalue weighted by Crippen LogP contribution is 2.30. The van der Waals surface area contributed by atoms with Crippen LogP contribution in [0.15, 0.2) is 49.2 Å². The number of rotatable bonds is 5. The van der Waals surface area contributed by atoms with Crippen molar-refractivity contribution < 1.29 is 0 Å². The van der Waals surface area contributed by atoms with Gasteiger partial charge in [-0.15, -0.1) is 0 Å². The standard InChI is InChI=1S/C24H29N7/c1-2-4-21(5-3-1)29-23-13-18(6-7-28-23)22-12-19(20-15-26-17-27-16-20)14-24(30-22)31-10-8-25-9-11-31/h6-7,12-17,21,25H,1-5,8-11H2,(H,28,29). The van der Waals surface area contributed by atoms with Crippen molar-refractivity contribution in [1.29, 1.82) is 0 Å². The molecule has 0 aromatic carbocycles. The maximum atomic E-state index is 5.04. The maximum absolute atomic E-state index is 5.04. The fourth-order valence-corrected chi connectivity index (χ4v) is 4.46. The Morgan fingerprint density at radius 3 is 2.52 bits per heavy atom. The largest absolute Gasteiger partial charge is 0.367 e. The van der Waals surface area contributed by atoms with Gasteiger partial charge in [0.1, 0.15) is 18.0 Å². The zero-order valence-electron chi connectivity index (χ0n) is 17.8. The number of aromatic nitrogens is 4. The molecule has 3 aromatic heterocycles. The SMILES string of the molecule is c1ncc(-c2cc(-c3ccnc(NC4CCCCC4)c3)nc(N3CCNCC3)c2)cn1. The van der Waals surface area contributed by atoms with Crippen LogP contribution in [-0.2, 0) is 0 Å². The van der Waals surface area contributed by atoms with Gasteiger partial charge in [0.25, 0.3) is 0 Å². The smallest absolute Gasteiger partial charge is 0.129 e. The van der Waals surface area contributed by atoms with Crippen LogP contribution in [0.4, 0.5) is 11.6 Å². The van der Waals surface area contributed by atoms with Crippen LogP contribution in [0.3, 0.4) is 0 Å². The van der Waals surface area contributed by atoms with Crippen LogP contribution >= 0.6 is 0 Å². The van der Waals surface area contributed by atoms with Gasteiger partial charge >= 0.3 is 0 Å². The number of piperazine rings is 1. The predicted molar refractivity (Wildman–Crippen MR) is 124 cm³/mol. The van der Waals surface area contributed by atoms with Crippen LogP contribution in [0.5, 0.6) is 0 Å². The van der Waals surface area contributed by atoms with Crippen LogP contribution in [0.1, 0.15) is 32.1 Å². The molecule has 7 nitrogen and oxygen atoms in total. The normalized spacial score (nSPS) is 17.5. The topological polar surface area (TPSA) is 78.9 Å². The lowest BCUT2D eigenvalue weighted by Crippen LogP contribution is -2.43. The molecule has 1 saturated carbocycles. The summed E-state index contributed by atoms with van der Waals surface area (Å²) < 4.78 is 0. The summed E-state index contributed by atoms with van der Waals surface area (Å²) in [4.78, 5) is 20.4. The van der Waals surface area contributed by atoms with Gasteiger partial charge in [-0.05, 0) is 42.7 Å². The second-order valence-corrected chi connectivity index (χ2v) is 8.37. The molecule has 4 heterocycles. The van der Waals surface area contributed by atoms with Crippen molar-refractivity contribution in [3.63, 3.8) is 0 Å². The first kappa shape index (κ1) is 19.9. The molecule has 2 N–H and O–H groups in total. The number of pyridine rings is 2. The molecule has 3 aromatic rings. The van der Waals surface area contributed by atoms with Gasteiger partial charge in [0.2, 0.25) is 0 Å². The van der Waals surface area contributed by atoms with E-state index in [0.717, 1.165) is 60.2 Å². The van der Waals surface area contributed by atoms with Crippen LogP contribution in [0, 0.1) is 0 Å². The molecule has 31 heavy (non-hydrogen) atoms. The number of nitrogens with one attached hydrogen (secondary N) is 2. The highest BCUT2D eigenvalue weighted by molar-refractivity contribution is 5.74. The lowest BCUT2D eigenvalue weighted by Gasteiger charge is -2.29. The minimum Gasteiger partial charge on any atom is -0.367 e. The minimum atomic E-state index is 0.522. The van der Waals surface area contributed by atoms with Crippen molar-refractivity contribution in [3.8, 4) is 22.4 Å². The van der Waals surface area contributed by atoms with Gasteiger partial charge in [0.05, 0.1) is 5.69 Å². The number of hydrogen-bond acceptors (Lipinski definition) is 7. The van der Waals surface area contributed by atoms with E-state index in [2.05, 4.69) is 48.7 Å². The molecule has 2 aliphatic rings. The molecular formula is C24H29N7. The van der Waals surface area contributed by atoms with Crippen LogP contribution in [0.2, 0.25) is 0 Å². The Hall–Kier alpha value is -3.06. The summed E-state index contributed by atoms with van der Waals surface area (Å²) in [6, 6.07) is 8.97. The molecule has 0 amide bonds. The van der Waals surface area contributed by atoms with Gasteiger partial charge in [0.15, 0.2) is 0 Å². The van der Waals surface area contributed by atoms with Gasteiger partial charge in [-0.2, -0.15) is 0 Å². The Kier molecular flexibility index (Phi) is 6.02. The summed E-state index contributed by atoms with van der Waals surface area (Å²) in [5, 5.41) is 7.06. The monoisotopic (exact) mass is 415 g/mol. The molecule has 0 radical (unpaired) electrons. The van der Waals surface area contributed by atoms with E-state index < -0.39 is 0 Å². The highest BCUT2D eigenvalue weighted by atomic mass is 15.2. The summed E-state index contributed by atoms with van der Waals surface area (Å²) in [7, 11) is 0. The zero-order chi connectivity index (χ0) is 20.9. The average molecular weight is 416 g/mol. The maximum Gasteiger partial charge on any atom is 0.129 e. The van der Waals surface area contributed by atoms with Crippen molar-refractivity contribution in [2.45, 2.75) is 38.1 Å². The number of hydrogen-bond donors (Lipinski definition) is 2. The van der Waals surface area contributed by atoms with Gasteiger partial charge in [-0.3, -0.25) is 0 Å². The first-order valence-electron chi connectivity index (χ1n) is 11.3. The molecule has 1 aliphatic heterocycles. The van der Waals surface area contributed by atoms with E-state index in [9.17, 15) is 0 Å². The van der Waals surface area contributed by atoms with E-state index in [-0.39, 0.29) is 0 Å². The molecule has 0 unspecified atom stereocenters. The quantitative estimate of drug-likeness (QED) is 0.657. The number of nitrogens with zero attached hydrogens (tertiary/aromatic N) is 5. The van der Waals surface area contributed by atoms with E-state index in [0.29, 0.717) is 6.04 Å². The summed E-state index contributed by atoms with van der Waals surface area (Å²) in [5.41, 5.74) is 4.10. The molecule has 1 aliphatic carbocycles. The summed E-state index contributed by atoms with van der Waals surface area (Å²) in [6.45, 7) is 3.85. The molecule has 7 heteroatoms. The second kappa shape index (κ2) is 9.39. The van der Waals surface area contributed by atoms with E-state index in [1.54, 1.807) is 6.33 Å². The van der Waals surface area contributed by atoms with Crippen molar-refractivity contribution in [2.75, 3.05) is 36.4 Å². The molecule has 160 valence electrons. The third kappa shape index (κ3) is 4.82. The van der Waals surface area contributed by atoms with Crippen LogP contribution < -0.4 is 15.5 Å². The summed E-state index contributed by atoms with van der Waals surface area (Å²) in [6.07, 6.45) is 13.6. The van der Waals surface area contributed by atoms with Gasteiger partial charge in [-0.1, -0.05) is 19.3 Å². The fourth-order valence-electron chi connectivity index (χ4n) is 4.46.